The largest absolute Gasteiger partial charge is 0.310 e. The van der Waals surface area contributed by atoms with Crippen LogP contribution < -0.4 is 5.32 Å². The van der Waals surface area contributed by atoms with E-state index < -0.39 is 0 Å². The van der Waals surface area contributed by atoms with Crippen LogP contribution in [0.3, 0.4) is 0 Å². The normalized spacial score (nSPS) is 19.1. The van der Waals surface area contributed by atoms with Crippen LogP contribution in [0.4, 0.5) is 0 Å². The molecule has 1 aliphatic carbocycles. The number of rotatable bonds is 4. The Morgan fingerprint density at radius 1 is 1.26 bits per heavy atom. The fraction of sp³-hybridized carbons (Fsp3) is 0.625. The van der Waals surface area contributed by atoms with Crippen LogP contribution in [0, 0.1) is 9.49 Å². The summed E-state index contributed by atoms with van der Waals surface area (Å²) >= 11 is 8.64. The third-order valence-corrected chi connectivity index (χ3v) is 5.31. The van der Waals surface area contributed by atoms with Crippen LogP contribution >= 0.6 is 34.2 Å². The van der Waals surface area contributed by atoms with E-state index in [1.165, 1.54) is 47.7 Å². The lowest BCUT2D eigenvalue weighted by atomic mass is 9.87. The van der Waals surface area contributed by atoms with Gasteiger partial charge < -0.3 is 5.32 Å². The first-order valence-electron chi connectivity index (χ1n) is 7.40. The molecule has 106 valence electrons. The molecule has 0 aromatic heterocycles. The highest BCUT2D eigenvalue weighted by Gasteiger charge is 2.25. The quantitative estimate of drug-likeness (QED) is 0.523. The van der Waals surface area contributed by atoms with Gasteiger partial charge in [-0.3, -0.25) is 0 Å². The van der Waals surface area contributed by atoms with Crippen molar-refractivity contribution in [3.05, 3.63) is 32.4 Å². The van der Waals surface area contributed by atoms with Crippen molar-refractivity contribution < 1.29 is 0 Å². The highest BCUT2D eigenvalue weighted by Crippen LogP contribution is 2.36. The second-order valence-electron chi connectivity index (χ2n) is 5.45. The van der Waals surface area contributed by atoms with Gasteiger partial charge in [0.2, 0.25) is 0 Å². The van der Waals surface area contributed by atoms with Gasteiger partial charge in [0.15, 0.2) is 0 Å². The SMILES string of the molecule is CCNC(c1cc(Cl)ccc1I)C1CCCCCC1. The van der Waals surface area contributed by atoms with E-state index in [0.29, 0.717) is 6.04 Å². The van der Waals surface area contributed by atoms with E-state index in [2.05, 4.69) is 47.0 Å². The summed E-state index contributed by atoms with van der Waals surface area (Å²) in [7, 11) is 0. The molecule has 1 unspecified atom stereocenters. The molecule has 1 atom stereocenters. The van der Waals surface area contributed by atoms with Crippen molar-refractivity contribution in [3.8, 4) is 0 Å². The Morgan fingerprint density at radius 3 is 2.58 bits per heavy atom. The second kappa shape index (κ2) is 7.84. The van der Waals surface area contributed by atoms with Crippen LogP contribution in [0.5, 0.6) is 0 Å². The Balaban J connectivity index is 2.24. The van der Waals surface area contributed by atoms with E-state index in [4.69, 9.17) is 11.6 Å². The van der Waals surface area contributed by atoms with Gasteiger partial charge in [-0.2, -0.15) is 0 Å². The monoisotopic (exact) mass is 391 g/mol. The third kappa shape index (κ3) is 4.33. The first kappa shape index (κ1) is 15.6. The Kier molecular flexibility index (Phi) is 6.43. The fourth-order valence-electron chi connectivity index (χ4n) is 3.15. The van der Waals surface area contributed by atoms with E-state index in [0.717, 1.165) is 17.5 Å². The summed E-state index contributed by atoms with van der Waals surface area (Å²) in [6.07, 6.45) is 8.26. The standard InChI is InChI=1S/C16H23ClIN/c1-2-19-16(12-7-5-3-4-6-8-12)14-11-13(17)9-10-15(14)18/h9-12,16,19H,2-8H2,1H3. The van der Waals surface area contributed by atoms with Crippen LogP contribution in [0.2, 0.25) is 5.02 Å². The maximum atomic E-state index is 6.20. The predicted molar refractivity (Wildman–Crippen MR) is 91.8 cm³/mol. The van der Waals surface area contributed by atoms with Gasteiger partial charge in [-0.1, -0.05) is 44.2 Å². The van der Waals surface area contributed by atoms with Crippen LogP contribution in [-0.4, -0.2) is 6.54 Å². The van der Waals surface area contributed by atoms with Crippen molar-refractivity contribution in [2.75, 3.05) is 6.54 Å². The molecular weight excluding hydrogens is 369 g/mol. The minimum absolute atomic E-state index is 0.466. The lowest BCUT2D eigenvalue weighted by molar-refractivity contribution is 0.329. The molecule has 1 N–H and O–H groups in total. The average molecular weight is 392 g/mol. The summed E-state index contributed by atoms with van der Waals surface area (Å²) in [4.78, 5) is 0. The fourth-order valence-corrected chi connectivity index (χ4v) is 4.00. The molecule has 1 aromatic carbocycles. The Morgan fingerprint density at radius 2 is 1.95 bits per heavy atom. The maximum Gasteiger partial charge on any atom is 0.0410 e. The lowest BCUT2D eigenvalue weighted by Crippen LogP contribution is -2.28. The van der Waals surface area contributed by atoms with Crippen LogP contribution in [0.15, 0.2) is 18.2 Å². The molecule has 0 heterocycles. The summed E-state index contributed by atoms with van der Waals surface area (Å²) in [6, 6.07) is 6.75. The first-order chi connectivity index (χ1) is 9.22. The maximum absolute atomic E-state index is 6.20. The summed E-state index contributed by atoms with van der Waals surface area (Å²) < 4.78 is 1.33. The van der Waals surface area contributed by atoms with Gasteiger partial charge >= 0.3 is 0 Å². The van der Waals surface area contributed by atoms with Crippen molar-refractivity contribution in [1.29, 1.82) is 0 Å². The van der Waals surface area contributed by atoms with Crippen molar-refractivity contribution in [1.82, 2.24) is 5.32 Å². The van der Waals surface area contributed by atoms with Gasteiger partial charge in [0.25, 0.3) is 0 Å². The van der Waals surface area contributed by atoms with E-state index in [1.807, 2.05) is 6.07 Å². The van der Waals surface area contributed by atoms with Crippen LogP contribution in [0.25, 0.3) is 0 Å². The Hall–Kier alpha value is 0.200. The lowest BCUT2D eigenvalue weighted by Gasteiger charge is -2.28. The van der Waals surface area contributed by atoms with Gasteiger partial charge in [0.05, 0.1) is 0 Å². The predicted octanol–water partition coefficient (Wildman–Crippen LogP) is 5.57. The van der Waals surface area contributed by atoms with Gasteiger partial charge in [-0.15, -0.1) is 0 Å². The molecule has 1 aromatic rings. The number of nitrogens with one attached hydrogen (secondary N) is 1. The van der Waals surface area contributed by atoms with Gasteiger partial charge in [0.1, 0.15) is 0 Å². The van der Waals surface area contributed by atoms with Crippen molar-refractivity contribution >= 4 is 34.2 Å². The molecule has 0 saturated heterocycles. The summed E-state index contributed by atoms with van der Waals surface area (Å²) in [6.45, 7) is 3.21. The molecule has 1 fully saturated rings. The van der Waals surface area contributed by atoms with Gasteiger partial charge in [0, 0.05) is 14.6 Å². The van der Waals surface area contributed by atoms with E-state index in [-0.39, 0.29) is 0 Å². The summed E-state index contributed by atoms with van der Waals surface area (Å²) in [5.41, 5.74) is 1.39. The molecular formula is C16H23ClIN. The van der Waals surface area contributed by atoms with Crippen molar-refractivity contribution in [3.63, 3.8) is 0 Å². The molecule has 0 amide bonds. The molecule has 0 bridgehead atoms. The minimum atomic E-state index is 0.466. The molecule has 0 radical (unpaired) electrons. The molecule has 0 spiro atoms. The number of halogens is 2. The molecule has 1 nitrogen and oxygen atoms in total. The van der Waals surface area contributed by atoms with Gasteiger partial charge in [-0.25, -0.2) is 0 Å². The summed E-state index contributed by atoms with van der Waals surface area (Å²) in [5.74, 6) is 0.759. The highest BCUT2D eigenvalue weighted by atomic mass is 127. The molecule has 19 heavy (non-hydrogen) atoms. The zero-order valence-electron chi connectivity index (χ0n) is 11.6. The zero-order chi connectivity index (χ0) is 13.7. The summed E-state index contributed by atoms with van der Waals surface area (Å²) in [5, 5.41) is 4.55. The number of hydrogen-bond acceptors (Lipinski definition) is 1. The smallest absolute Gasteiger partial charge is 0.0410 e. The number of benzene rings is 1. The van der Waals surface area contributed by atoms with E-state index in [1.54, 1.807) is 0 Å². The topological polar surface area (TPSA) is 12.0 Å². The minimum Gasteiger partial charge on any atom is -0.310 e. The molecule has 0 aliphatic heterocycles. The van der Waals surface area contributed by atoms with Crippen molar-refractivity contribution in [2.24, 2.45) is 5.92 Å². The third-order valence-electron chi connectivity index (χ3n) is 4.09. The first-order valence-corrected chi connectivity index (χ1v) is 8.86. The second-order valence-corrected chi connectivity index (χ2v) is 7.05. The zero-order valence-corrected chi connectivity index (χ0v) is 14.5. The molecule has 3 heteroatoms. The van der Waals surface area contributed by atoms with Crippen LogP contribution in [0.1, 0.15) is 57.1 Å². The Labute approximate surface area is 135 Å². The van der Waals surface area contributed by atoms with Gasteiger partial charge in [-0.05, 0) is 71.7 Å². The molecule has 2 rings (SSSR count). The van der Waals surface area contributed by atoms with Crippen molar-refractivity contribution in [2.45, 2.75) is 51.5 Å². The van der Waals surface area contributed by atoms with E-state index in [9.17, 15) is 0 Å². The van der Waals surface area contributed by atoms with E-state index >= 15 is 0 Å². The van der Waals surface area contributed by atoms with Crippen LogP contribution in [-0.2, 0) is 0 Å². The molecule has 1 saturated carbocycles. The molecule has 1 aliphatic rings. The number of hydrogen-bond donors (Lipinski definition) is 1. The highest BCUT2D eigenvalue weighted by molar-refractivity contribution is 14.1. The Bertz CT molecular complexity index is 400. The average Bonchev–Trinajstić information content (AvgIpc) is 2.68.